The molecule has 2 aliphatic rings. The summed E-state index contributed by atoms with van der Waals surface area (Å²) < 4.78 is 14.0. The minimum Gasteiger partial charge on any atom is -0.307 e. The van der Waals surface area contributed by atoms with Gasteiger partial charge in [0.1, 0.15) is 11.0 Å². The van der Waals surface area contributed by atoms with Crippen LogP contribution in [-0.2, 0) is 5.41 Å². The molecule has 180 valence electrons. The van der Waals surface area contributed by atoms with Gasteiger partial charge in [-0.2, -0.15) is 0 Å². The lowest BCUT2D eigenvalue weighted by molar-refractivity contribution is 0.0977. The molecule has 4 nitrogen and oxygen atoms in total. The number of aromatic nitrogens is 1. The standard InChI is InChI=1S/C27H23Cl3FN3O/c28-19-6-7-24-21(16-19)27(17-34(24)26(35)18-8-11-32-25(30)15-18)9-13-33(14-10-27)12-2-3-20-22(29)4-1-5-23(20)31/h1-8,11,15-16H,9-10,12-14,17H2. The first kappa shape index (κ1) is 24.3. The zero-order valence-corrected chi connectivity index (χ0v) is 21.1. The van der Waals surface area contributed by atoms with Crippen LogP contribution in [0.15, 0.2) is 60.8 Å². The smallest absolute Gasteiger partial charge is 0.258 e. The highest BCUT2D eigenvalue weighted by Gasteiger charge is 2.46. The lowest BCUT2D eigenvalue weighted by Crippen LogP contribution is -2.46. The van der Waals surface area contributed by atoms with Crippen LogP contribution < -0.4 is 4.90 Å². The van der Waals surface area contributed by atoms with Gasteiger partial charge in [-0.1, -0.05) is 53.0 Å². The molecule has 8 heteroatoms. The van der Waals surface area contributed by atoms with Crippen molar-refractivity contribution in [2.75, 3.05) is 31.1 Å². The number of anilines is 1. The van der Waals surface area contributed by atoms with Crippen LogP contribution in [0.5, 0.6) is 0 Å². The average Bonchev–Trinajstić information content (AvgIpc) is 3.15. The molecule has 35 heavy (non-hydrogen) atoms. The summed E-state index contributed by atoms with van der Waals surface area (Å²) in [6.07, 6.45) is 7.01. The van der Waals surface area contributed by atoms with Crippen LogP contribution in [0.1, 0.15) is 34.3 Å². The fourth-order valence-electron chi connectivity index (χ4n) is 5.09. The van der Waals surface area contributed by atoms with Crippen molar-refractivity contribution in [3.63, 3.8) is 0 Å². The number of benzene rings is 2. The number of hydrogen-bond acceptors (Lipinski definition) is 3. The van der Waals surface area contributed by atoms with Crippen LogP contribution in [0.4, 0.5) is 10.1 Å². The number of fused-ring (bicyclic) bond motifs is 2. The van der Waals surface area contributed by atoms with E-state index in [1.54, 1.807) is 36.5 Å². The molecule has 3 aromatic rings. The van der Waals surface area contributed by atoms with E-state index in [1.807, 2.05) is 29.2 Å². The van der Waals surface area contributed by atoms with Gasteiger partial charge in [-0.05, 0) is 74.0 Å². The second-order valence-electron chi connectivity index (χ2n) is 9.04. The summed E-state index contributed by atoms with van der Waals surface area (Å²) in [6.45, 7) is 2.99. The first-order chi connectivity index (χ1) is 16.9. The molecular weight excluding hydrogens is 508 g/mol. The summed E-state index contributed by atoms with van der Waals surface area (Å²) in [5.41, 5.74) is 2.77. The van der Waals surface area contributed by atoms with E-state index in [2.05, 4.69) is 9.88 Å². The van der Waals surface area contributed by atoms with Crippen molar-refractivity contribution in [3.05, 3.63) is 98.5 Å². The van der Waals surface area contributed by atoms with E-state index in [1.165, 1.54) is 6.07 Å². The van der Waals surface area contributed by atoms with E-state index in [0.717, 1.165) is 37.2 Å². The third kappa shape index (κ3) is 4.83. The summed E-state index contributed by atoms with van der Waals surface area (Å²) in [6, 6.07) is 13.7. The van der Waals surface area contributed by atoms with Crippen molar-refractivity contribution >= 4 is 52.5 Å². The number of carbonyl (C=O) groups is 1. The number of halogens is 4. The van der Waals surface area contributed by atoms with Crippen LogP contribution in [-0.4, -0.2) is 42.0 Å². The van der Waals surface area contributed by atoms with E-state index in [0.29, 0.717) is 39.4 Å². The van der Waals surface area contributed by atoms with Gasteiger partial charge in [0.25, 0.3) is 5.91 Å². The molecule has 0 radical (unpaired) electrons. The van der Waals surface area contributed by atoms with E-state index >= 15 is 0 Å². The van der Waals surface area contributed by atoms with Gasteiger partial charge in [0.05, 0.1) is 5.02 Å². The lowest BCUT2D eigenvalue weighted by Gasteiger charge is -2.39. The second kappa shape index (κ2) is 9.90. The van der Waals surface area contributed by atoms with Gasteiger partial charge < -0.3 is 4.90 Å². The molecule has 1 amide bonds. The van der Waals surface area contributed by atoms with E-state index in [9.17, 15) is 9.18 Å². The first-order valence-corrected chi connectivity index (χ1v) is 12.6. The summed E-state index contributed by atoms with van der Waals surface area (Å²) in [5.74, 6) is -0.423. The largest absolute Gasteiger partial charge is 0.307 e. The second-order valence-corrected chi connectivity index (χ2v) is 10.3. The Morgan fingerprint density at radius 3 is 2.63 bits per heavy atom. The number of piperidine rings is 1. The molecule has 1 saturated heterocycles. The third-order valence-electron chi connectivity index (χ3n) is 6.96. The van der Waals surface area contributed by atoms with Crippen LogP contribution in [0.2, 0.25) is 15.2 Å². The van der Waals surface area contributed by atoms with Crippen molar-refractivity contribution < 1.29 is 9.18 Å². The summed E-state index contributed by atoms with van der Waals surface area (Å²) in [5, 5.41) is 1.36. The van der Waals surface area contributed by atoms with Crippen LogP contribution in [0.3, 0.4) is 0 Å². The molecule has 1 aromatic heterocycles. The summed E-state index contributed by atoms with van der Waals surface area (Å²) in [4.78, 5) is 21.6. The number of amides is 1. The number of nitrogens with zero attached hydrogens (tertiary/aromatic N) is 3. The Balaban J connectivity index is 1.32. The molecule has 0 atom stereocenters. The molecule has 1 spiro atoms. The zero-order chi connectivity index (χ0) is 24.6. The molecule has 2 aliphatic heterocycles. The number of carbonyl (C=O) groups excluding carboxylic acids is 1. The molecule has 3 heterocycles. The monoisotopic (exact) mass is 529 g/mol. The Kier molecular flexibility index (Phi) is 6.86. The predicted molar refractivity (Wildman–Crippen MR) is 140 cm³/mol. The van der Waals surface area contributed by atoms with E-state index < -0.39 is 0 Å². The van der Waals surface area contributed by atoms with Gasteiger partial charge in [-0.3, -0.25) is 9.69 Å². The fourth-order valence-corrected chi connectivity index (χ4v) is 5.67. The molecule has 0 bridgehead atoms. The Hall–Kier alpha value is -2.44. The maximum atomic E-state index is 14.0. The zero-order valence-electron chi connectivity index (χ0n) is 18.9. The van der Waals surface area contributed by atoms with Crippen LogP contribution >= 0.6 is 34.8 Å². The van der Waals surface area contributed by atoms with Gasteiger partial charge in [0, 0.05) is 46.5 Å². The minimum absolute atomic E-state index is 0.0955. The Morgan fingerprint density at radius 2 is 1.89 bits per heavy atom. The molecule has 0 N–H and O–H groups in total. The summed E-state index contributed by atoms with van der Waals surface area (Å²) in [7, 11) is 0. The van der Waals surface area contributed by atoms with Crippen LogP contribution in [0.25, 0.3) is 6.08 Å². The van der Waals surface area contributed by atoms with Crippen molar-refractivity contribution in [1.29, 1.82) is 0 Å². The third-order valence-corrected chi connectivity index (χ3v) is 7.73. The molecular formula is C27H23Cl3FN3O. The maximum absolute atomic E-state index is 14.0. The minimum atomic E-state index is -0.328. The molecule has 2 aromatic carbocycles. The van der Waals surface area contributed by atoms with Gasteiger partial charge in [-0.25, -0.2) is 9.37 Å². The number of pyridine rings is 1. The highest BCUT2D eigenvalue weighted by Crippen LogP contribution is 2.48. The molecule has 1 fully saturated rings. The first-order valence-electron chi connectivity index (χ1n) is 11.4. The predicted octanol–water partition coefficient (Wildman–Crippen LogP) is 6.89. The van der Waals surface area contributed by atoms with Gasteiger partial charge in [0.2, 0.25) is 0 Å². The van der Waals surface area contributed by atoms with Crippen molar-refractivity contribution in [1.82, 2.24) is 9.88 Å². The van der Waals surface area contributed by atoms with Gasteiger partial charge in [0.15, 0.2) is 0 Å². The Morgan fingerprint density at radius 1 is 1.09 bits per heavy atom. The normalized spacial score (nSPS) is 17.3. The Labute approximate surface area is 218 Å². The van der Waals surface area contributed by atoms with Crippen molar-refractivity contribution in [2.45, 2.75) is 18.3 Å². The molecule has 0 unspecified atom stereocenters. The van der Waals surface area contributed by atoms with E-state index in [-0.39, 0.29) is 17.1 Å². The lowest BCUT2D eigenvalue weighted by atomic mass is 9.74. The van der Waals surface area contributed by atoms with Crippen molar-refractivity contribution in [2.24, 2.45) is 0 Å². The van der Waals surface area contributed by atoms with E-state index in [4.69, 9.17) is 34.8 Å². The van der Waals surface area contributed by atoms with Crippen molar-refractivity contribution in [3.8, 4) is 0 Å². The number of rotatable bonds is 4. The SMILES string of the molecule is O=C(c1ccnc(Cl)c1)N1CC2(CCN(CC=Cc3c(F)cccc3Cl)CC2)c2cc(Cl)ccc21. The average molecular weight is 531 g/mol. The quantitative estimate of drug-likeness (QED) is 0.345. The topological polar surface area (TPSA) is 36.4 Å². The number of likely N-dealkylation sites (tertiary alicyclic amines) is 1. The molecule has 0 aliphatic carbocycles. The molecule has 0 saturated carbocycles. The highest BCUT2D eigenvalue weighted by atomic mass is 35.5. The maximum Gasteiger partial charge on any atom is 0.258 e. The highest BCUT2D eigenvalue weighted by molar-refractivity contribution is 6.32. The van der Waals surface area contributed by atoms with Gasteiger partial charge >= 0.3 is 0 Å². The Bertz CT molecular complexity index is 1280. The summed E-state index contributed by atoms with van der Waals surface area (Å²) >= 11 is 18.5. The fraction of sp³-hybridized carbons (Fsp3) is 0.259. The molecule has 5 rings (SSSR count). The van der Waals surface area contributed by atoms with Crippen LogP contribution in [0, 0.1) is 5.82 Å². The van der Waals surface area contributed by atoms with Gasteiger partial charge in [-0.15, -0.1) is 0 Å². The number of hydrogen-bond donors (Lipinski definition) is 0.